The second kappa shape index (κ2) is 60.6. The van der Waals surface area contributed by atoms with Crippen molar-refractivity contribution in [3.63, 3.8) is 0 Å². The van der Waals surface area contributed by atoms with Gasteiger partial charge in [0.25, 0.3) is 0 Å². The molecular formula is C12H23MoNO4P2+2. The van der Waals surface area contributed by atoms with Crippen LogP contribution in [-0.4, -0.2) is 36.9 Å². The predicted octanol–water partition coefficient (Wildman–Crippen LogP) is 1.15. The number of hydrogen-bond donors (Lipinski definition) is 0. The summed E-state index contributed by atoms with van der Waals surface area (Å²) in [6.45, 7) is 24.2. The van der Waals surface area contributed by atoms with Gasteiger partial charge in [-0.05, 0) is 31.4 Å². The molecule has 0 spiro atoms. The minimum absolute atomic E-state index is 0. The normalized spacial score (nSPS) is 6.70. The maximum absolute atomic E-state index is 7.50. The van der Waals surface area contributed by atoms with Crippen LogP contribution in [0.4, 0.5) is 0 Å². The van der Waals surface area contributed by atoms with E-state index in [9.17, 15) is 0 Å². The van der Waals surface area contributed by atoms with Crippen LogP contribution in [0.25, 0.3) is 0 Å². The Labute approximate surface area is 141 Å². The van der Waals surface area contributed by atoms with Crippen molar-refractivity contribution in [2.24, 2.45) is 0 Å². The summed E-state index contributed by atoms with van der Waals surface area (Å²) in [5, 5.41) is 0. The smallest absolute Gasteiger partial charge is 0 e. The summed E-state index contributed by atoms with van der Waals surface area (Å²) >= 11 is 0. The Balaban J connectivity index is -0.0000000467. The van der Waals surface area contributed by atoms with Gasteiger partial charge in [0.1, 0.15) is 0 Å². The molecule has 0 aliphatic carbocycles. The van der Waals surface area contributed by atoms with Crippen LogP contribution >= 0.6 is 18.5 Å². The summed E-state index contributed by atoms with van der Waals surface area (Å²) in [5.74, 6) is 0. The first-order valence-corrected chi connectivity index (χ1v) is 7.47. The topological polar surface area (TPSA) is 82.8 Å². The van der Waals surface area contributed by atoms with Gasteiger partial charge >= 0.3 is 45.2 Å². The van der Waals surface area contributed by atoms with Crippen LogP contribution in [0.15, 0.2) is 0 Å². The summed E-state index contributed by atoms with van der Waals surface area (Å²) < 4.78 is 30.0. The van der Waals surface area contributed by atoms with E-state index in [-0.39, 0.29) is 21.1 Å². The van der Waals surface area contributed by atoms with Crippen molar-refractivity contribution < 1.29 is 39.7 Å². The molecule has 5 nitrogen and oxygen atoms in total. The Morgan fingerprint density at radius 2 is 1.05 bits per heavy atom. The molecule has 0 aromatic heterocycles. The largest absolute Gasteiger partial charge is 0 e. The summed E-state index contributed by atoms with van der Waals surface area (Å²) in [5.41, 5.74) is 0. The second-order valence-corrected chi connectivity index (χ2v) is 4.32. The molecule has 0 aliphatic rings. The van der Waals surface area contributed by atoms with Crippen molar-refractivity contribution in [3.05, 3.63) is 26.6 Å². The van der Waals surface area contributed by atoms with Crippen LogP contribution in [0, 0.1) is 26.6 Å². The van der Waals surface area contributed by atoms with E-state index in [0.717, 1.165) is 0 Å². The Kier molecular flexibility index (Phi) is 112. The zero-order chi connectivity index (χ0) is 16.5. The van der Waals surface area contributed by atoms with Gasteiger partial charge in [0.2, 0.25) is 0 Å². The Hall–Kier alpha value is 0.468. The molecule has 0 aromatic carbocycles. The molecule has 0 rings (SSSR count). The first-order chi connectivity index (χ1) is 9.35. The Morgan fingerprint density at radius 3 is 1.25 bits per heavy atom. The minimum atomic E-state index is 0. The summed E-state index contributed by atoms with van der Waals surface area (Å²) in [7, 11) is 4.16. The van der Waals surface area contributed by atoms with E-state index in [1.54, 1.807) is 0 Å². The molecule has 0 aliphatic heterocycles. The maximum Gasteiger partial charge on any atom is 0 e. The van der Waals surface area contributed by atoms with Crippen LogP contribution < -0.4 is 0 Å². The Bertz CT molecular complexity index is 181. The minimum Gasteiger partial charge on any atom is 0 e. The summed E-state index contributed by atoms with van der Waals surface area (Å²) in [6.07, 6.45) is 5.35. The predicted molar refractivity (Wildman–Crippen MR) is 79.0 cm³/mol. The van der Waals surface area contributed by atoms with Crippen molar-refractivity contribution in [3.8, 4) is 0 Å². The van der Waals surface area contributed by atoms with Crippen LogP contribution in [0.2, 0.25) is 0 Å². The molecule has 114 valence electrons. The van der Waals surface area contributed by atoms with Crippen molar-refractivity contribution in [1.82, 2.24) is 4.90 Å². The molecule has 0 heterocycles. The molecule has 0 saturated carbocycles. The third-order valence-electron chi connectivity index (χ3n) is 1.78. The van der Waals surface area contributed by atoms with Crippen LogP contribution in [0.1, 0.15) is 19.8 Å². The molecule has 0 radical (unpaired) electrons. The average Bonchev–Trinajstić information content (AvgIpc) is 2.53. The van der Waals surface area contributed by atoms with E-state index in [1.807, 2.05) is 0 Å². The zero-order valence-electron chi connectivity index (χ0n) is 11.9. The van der Waals surface area contributed by atoms with E-state index >= 15 is 0 Å². The van der Waals surface area contributed by atoms with Gasteiger partial charge in [-0.3, -0.25) is 4.90 Å². The average molecular weight is 403 g/mol. The van der Waals surface area contributed by atoms with Gasteiger partial charge in [-0.1, -0.05) is 13.3 Å². The van der Waals surface area contributed by atoms with Crippen molar-refractivity contribution >= 4 is 18.5 Å². The SMILES string of the molecule is CCCCN(CC[PH3+])CC[PH3+].[C-]#[O+].[C-]#[O+].[C-]#[O+].[C-]#[O+].[Mo]. The van der Waals surface area contributed by atoms with Gasteiger partial charge in [-0.2, -0.15) is 0 Å². The third-order valence-corrected chi connectivity index (χ3v) is 2.41. The van der Waals surface area contributed by atoms with Crippen molar-refractivity contribution in [2.75, 3.05) is 32.0 Å². The van der Waals surface area contributed by atoms with E-state index in [4.69, 9.17) is 18.6 Å². The van der Waals surface area contributed by atoms with Gasteiger partial charge in [0, 0.05) is 34.2 Å². The molecule has 0 saturated heterocycles. The fourth-order valence-corrected chi connectivity index (χ4v) is 2.06. The van der Waals surface area contributed by atoms with Gasteiger partial charge in [0.05, 0.1) is 12.3 Å². The number of rotatable bonds is 7. The molecule has 8 heteroatoms. The molecule has 0 N–H and O–H groups in total. The molecule has 0 bridgehead atoms. The van der Waals surface area contributed by atoms with Crippen molar-refractivity contribution in [2.45, 2.75) is 19.8 Å². The molecule has 2 atom stereocenters. The molecule has 0 fully saturated rings. The van der Waals surface area contributed by atoms with Crippen molar-refractivity contribution in [1.29, 1.82) is 0 Å². The van der Waals surface area contributed by atoms with Gasteiger partial charge < -0.3 is 0 Å². The van der Waals surface area contributed by atoms with Gasteiger partial charge in [-0.25, -0.2) is 0 Å². The van der Waals surface area contributed by atoms with E-state index < -0.39 is 0 Å². The standard InChI is InChI=1S/C8H21NP2.4CO.Mo/c1-2-3-4-9(5-7-10)6-8-11;4*1-2;/h2-8,10-11H2,1H3;;;;;/p+2. The number of hydrogen-bond acceptors (Lipinski definition) is 1. The first-order valence-electron chi connectivity index (χ1n) is 5.47. The zero-order valence-corrected chi connectivity index (χ0v) is 16.7. The molecule has 0 amide bonds. The molecular weight excluding hydrogens is 380 g/mol. The fourth-order valence-electron chi connectivity index (χ4n) is 1.16. The monoisotopic (exact) mass is 405 g/mol. The first kappa shape index (κ1) is 37.1. The third kappa shape index (κ3) is 51.4. The number of unbranched alkanes of at least 4 members (excludes halogenated alkanes) is 1. The Morgan fingerprint density at radius 1 is 0.750 bits per heavy atom. The van der Waals surface area contributed by atoms with E-state index in [2.05, 4.69) is 56.9 Å². The van der Waals surface area contributed by atoms with E-state index in [1.165, 1.54) is 44.8 Å². The van der Waals surface area contributed by atoms with Gasteiger partial charge in [-0.15, -0.1) is 0 Å². The maximum atomic E-state index is 7.50. The molecule has 2 unspecified atom stereocenters. The molecule has 20 heavy (non-hydrogen) atoms. The molecule has 0 aromatic rings. The summed E-state index contributed by atoms with van der Waals surface area (Å²) in [6, 6.07) is 0. The quantitative estimate of drug-likeness (QED) is 0.272. The van der Waals surface area contributed by atoms with Gasteiger partial charge in [0.15, 0.2) is 0 Å². The van der Waals surface area contributed by atoms with Crippen LogP contribution in [0.3, 0.4) is 0 Å². The number of nitrogens with zero attached hydrogens (tertiary/aromatic N) is 1. The fraction of sp³-hybridized carbons (Fsp3) is 0.667. The van der Waals surface area contributed by atoms with E-state index in [0.29, 0.717) is 0 Å². The second-order valence-electron chi connectivity index (χ2n) is 2.90. The van der Waals surface area contributed by atoms with Crippen LogP contribution in [0.5, 0.6) is 0 Å². The summed E-state index contributed by atoms with van der Waals surface area (Å²) in [4.78, 5) is 2.59. The van der Waals surface area contributed by atoms with Crippen LogP contribution in [-0.2, 0) is 39.7 Å².